The lowest BCUT2D eigenvalue weighted by Crippen LogP contribution is -2.33. The SMILES string of the molecule is CCC[C@H]1C[C@@H](O)CN1CCOCC. The zero-order chi connectivity index (χ0) is 10.4. The highest BCUT2D eigenvalue weighted by Crippen LogP contribution is 2.21. The van der Waals surface area contributed by atoms with E-state index in [2.05, 4.69) is 11.8 Å². The van der Waals surface area contributed by atoms with Crippen LogP contribution in [0.15, 0.2) is 0 Å². The quantitative estimate of drug-likeness (QED) is 0.657. The van der Waals surface area contributed by atoms with Gasteiger partial charge >= 0.3 is 0 Å². The third-order valence-electron chi connectivity index (χ3n) is 2.85. The molecule has 0 radical (unpaired) electrons. The number of hydrogen-bond donors (Lipinski definition) is 1. The molecule has 1 fully saturated rings. The van der Waals surface area contributed by atoms with Crippen molar-refractivity contribution in [2.45, 2.75) is 45.3 Å². The first-order chi connectivity index (χ1) is 6.77. The zero-order valence-electron chi connectivity index (χ0n) is 9.41. The summed E-state index contributed by atoms with van der Waals surface area (Å²) in [5, 5.41) is 9.57. The lowest BCUT2D eigenvalue weighted by molar-refractivity contribution is 0.101. The molecule has 1 rings (SSSR count). The predicted octanol–water partition coefficient (Wildman–Crippen LogP) is 1.26. The molecular weight excluding hydrogens is 178 g/mol. The number of β-amino-alcohol motifs (C(OH)–C–C–N with tert-alkyl or cyclic N) is 1. The zero-order valence-corrected chi connectivity index (χ0v) is 9.41. The Morgan fingerprint density at radius 2 is 2.21 bits per heavy atom. The summed E-state index contributed by atoms with van der Waals surface area (Å²) in [7, 11) is 0. The molecule has 1 aliphatic rings. The summed E-state index contributed by atoms with van der Waals surface area (Å²) < 4.78 is 5.33. The Hall–Kier alpha value is -0.120. The van der Waals surface area contributed by atoms with Crippen molar-refractivity contribution in [3.63, 3.8) is 0 Å². The number of aliphatic hydroxyl groups excluding tert-OH is 1. The lowest BCUT2D eigenvalue weighted by atomic mass is 10.1. The number of nitrogens with zero attached hydrogens (tertiary/aromatic N) is 1. The van der Waals surface area contributed by atoms with E-state index in [1.54, 1.807) is 0 Å². The Morgan fingerprint density at radius 3 is 2.86 bits per heavy atom. The summed E-state index contributed by atoms with van der Waals surface area (Å²) in [5.41, 5.74) is 0. The second kappa shape index (κ2) is 6.38. The van der Waals surface area contributed by atoms with Crippen LogP contribution < -0.4 is 0 Å². The third-order valence-corrected chi connectivity index (χ3v) is 2.85. The Balaban J connectivity index is 2.25. The summed E-state index contributed by atoms with van der Waals surface area (Å²) in [5.74, 6) is 0. The van der Waals surface area contributed by atoms with Crippen LogP contribution in [0.5, 0.6) is 0 Å². The minimum atomic E-state index is -0.117. The highest BCUT2D eigenvalue weighted by atomic mass is 16.5. The van der Waals surface area contributed by atoms with Crippen molar-refractivity contribution < 1.29 is 9.84 Å². The Morgan fingerprint density at radius 1 is 1.43 bits per heavy atom. The van der Waals surface area contributed by atoms with Gasteiger partial charge in [0.1, 0.15) is 0 Å². The first kappa shape index (κ1) is 12.0. The molecular formula is C11H23NO2. The molecule has 1 aliphatic heterocycles. The Labute approximate surface area is 87.1 Å². The second-order valence-electron chi connectivity index (χ2n) is 4.02. The van der Waals surface area contributed by atoms with E-state index in [1.165, 1.54) is 12.8 Å². The highest BCUT2D eigenvalue weighted by Gasteiger charge is 2.29. The summed E-state index contributed by atoms with van der Waals surface area (Å²) in [6.45, 7) is 7.60. The van der Waals surface area contributed by atoms with Crippen molar-refractivity contribution >= 4 is 0 Å². The minimum absolute atomic E-state index is 0.117. The molecule has 1 N–H and O–H groups in total. The van der Waals surface area contributed by atoms with E-state index in [0.29, 0.717) is 6.04 Å². The number of aliphatic hydroxyl groups is 1. The van der Waals surface area contributed by atoms with Gasteiger partial charge in [0.2, 0.25) is 0 Å². The van der Waals surface area contributed by atoms with Crippen molar-refractivity contribution in [2.75, 3.05) is 26.3 Å². The maximum absolute atomic E-state index is 9.57. The summed E-state index contributed by atoms with van der Waals surface area (Å²) >= 11 is 0. The van der Waals surface area contributed by atoms with E-state index in [0.717, 1.165) is 32.7 Å². The standard InChI is InChI=1S/C11H23NO2/c1-3-5-10-8-11(13)9-12(10)6-7-14-4-2/h10-11,13H,3-9H2,1-2H3/t10-,11+/m0/s1. The molecule has 3 nitrogen and oxygen atoms in total. The number of likely N-dealkylation sites (tertiary alicyclic amines) is 1. The van der Waals surface area contributed by atoms with E-state index < -0.39 is 0 Å². The average Bonchev–Trinajstić information content (AvgIpc) is 2.48. The molecule has 14 heavy (non-hydrogen) atoms. The molecule has 0 aromatic rings. The molecule has 1 heterocycles. The van der Waals surface area contributed by atoms with Crippen LogP contribution in [-0.2, 0) is 4.74 Å². The van der Waals surface area contributed by atoms with Crippen molar-refractivity contribution in [3.8, 4) is 0 Å². The topological polar surface area (TPSA) is 32.7 Å². The van der Waals surface area contributed by atoms with Gasteiger partial charge in [0.25, 0.3) is 0 Å². The molecule has 0 bridgehead atoms. The van der Waals surface area contributed by atoms with Gasteiger partial charge in [-0.3, -0.25) is 4.90 Å². The van der Waals surface area contributed by atoms with E-state index >= 15 is 0 Å². The summed E-state index contributed by atoms with van der Waals surface area (Å²) in [6.07, 6.45) is 3.22. The molecule has 0 unspecified atom stereocenters. The first-order valence-corrected chi connectivity index (χ1v) is 5.77. The average molecular weight is 201 g/mol. The number of ether oxygens (including phenoxy) is 1. The highest BCUT2D eigenvalue weighted by molar-refractivity contribution is 4.84. The fourth-order valence-corrected chi connectivity index (χ4v) is 2.19. The molecule has 0 aromatic carbocycles. The summed E-state index contributed by atoms with van der Waals surface area (Å²) in [4.78, 5) is 2.36. The van der Waals surface area contributed by atoms with Crippen LogP contribution in [0.1, 0.15) is 33.1 Å². The Kier molecular flexibility index (Phi) is 5.45. The van der Waals surface area contributed by atoms with Gasteiger partial charge in [-0.15, -0.1) is 0 Å². The molecule has 84 valence electrons. The second-order valence-corrected chi connectivity index (χ2v) is 4.02. The van der Waals surface area contributed by atoms with E-state index in [4.69, 9.17) is 4.74 Å². The van der Waals surface area contributed by atoms with E-state index in [1.807, 2.05) is 6.92 Å². The van der Waals surface area contributed by atoms with Gasteiger partial charge in [0.15, 0.2) is 0 Å². The van der Waals surface area contributed by atoms with E-state index in [-0.39, 0.29) is 6.10 Å². The van der Waals surface area contributed by atoms with Crippen LogP contribution in [0, 0.1) is 0 Å². The van der Waals surface area contributed by atoms with Gasteiger partial charge in [-0.2, -0.15) is 0 Å². The number of rotatable bonds is 6. The molecule has 1 saturated heterocycles. The van der Waals surface area contributed by atoms with Crippen LogP contribution in [0.25, 0.3) is 0 Å². The smallest absolute Gasteiger partial charge is 0.0682 e. The first-order valence-electron chi connectivity index (χ1n) is 5.77. The van der Waals surface area contributed by atoms with Crippen LogP contribution in [-0.4, -0.2) is 48.5 Å². The third kappa shape index (κ3) is 3.56. The monoisotopic (exact) mass is 201 g/mol. The van der Waals surface area contributed by atoms with Gasteiger partial charge in [0.05, 0.1) is 12.7 Å². The van der Waals surface area contributed by atoms with Crippen molar-refractivity contribution in [3.05, 3.63) is 0 Å². The minimum Gasteiger partial charge on any atom is -0.392 e. The molecule has 0 aliphatic carbocycles. The largest absolute Gasteiger partial charge is 0.392 e. The predicted molar refractivity (Wildman–Crippen MR) is 57.4 cm³/mol. The van der Waals surface area contributed by atoms with Gasteiger partial charge in [-0.1, -0.05) is 13.3 Å². The summed E-state index contributed by atoms with van der Waals surface area (Å²) in [6, 6.07) is 0.579. The molecule has 3 heteroatoms. The van der Waals surface area contributed by atoms with Crippen molar-refractivity contribution in [2.24, 2.45) is 0 Å². The number of hydrogen-bond acceptors (Lipinski definition) is 3. The van der Waals surface area contributed by atoms with Crippen molar-refractivity contribution in [1.82, 2.24) is 4.90 Å². The fourth-order valence-electron chi connectivity index (χ4n) is 2.19. The van der Waals surface area contributed by atoms with Gasteiger partial charge in [-0.25, -0.2) is 0 Å². The maximum Gasteiger partial charge on any atom is 0.0682 e. The van der Waals surface area contributed by atoms with Crippen LogP contribution >= 0.6 is 0 Å². The molecule has 0 spiro atoms. The molecule has 2 atom stereocenters. The van der Waals surface area contributed by atoms with Crippen LogP contribution in [0.2, 0.25) is 0 Å². The Bertz CT molecular complexity index is 152. The molecule has 0 amide bonds. The lowest BCUT2D eigenvalue weighted by Gasteiger charge is -2.23. The van der Waals surface area contributed by atoms with Gasteiger partial charge in [0, 0.05) is 25.7 Å². The van der Waals surface area contributed by atoms with E-state index in [9.17, 15) is 5.11 Å². The normalized spacial score (nSPS) is 28.5. The van der Waals surface area contributed by atoms with Crippen LogP contribution in [0.4, 0.5) is 0 Å². The molecule has 0 aromatic heterocycles. The fraction of sp³-hybridized carbons (Fsp3) is 1.00. The van der Waals surface area contributed by atoms with Gasteiger partial charge < -0.3 is 9.84 Å². The molecule has 0 saturated carbocycles. The van der Waals surface area contributed by atoms with Crippen molar-refractivity contribution in [1.29, 1.82) is 0 Å². The van der Waals surface area contributed by atoms with Gasteiger partial charge in [-0.05, 0) is 19.8 Å². The maximum atomic E-state index is 9.57. The van der Waals surface area contributed by atoms with Crippen LogP contribution in [0.3, 0.4) is 0 Å².